The van der Waals surface area contributed by atoms with Gasteiger partial charge in [0.05, 0.1) is 11.4 Å². The Morgan fingerprint density at radius 3 is 2.52 bits per heavy atom. The predicted molar refractivity (Wildman–Crippen MR) is 88.1 cm³/mol. The van der Waals surface area contributed by atoms with E-state index in [0.29, 0.717) is 11.4 Å². The van der Waals surface area contributed by atoms with E-state index in [4.69, 9.17) is 10.5 Å². The molecule has 0 saturated carbocycles. The molecule has 1 atom stereocenters. The number of nitrogens with two attached hydrogens (primary N) is 1. The van der Waals surface area contributed by atoms with E-state index in [1.165, 1.54) is 7.11 Å². The van der Waals surface area contributed by atoms with E-state index < -0.39 is 6.10 Å². The summed E-state index contributed by atoms with van der Waals surface area (Å²) >= 11 is 3.42. The molecule has 3 N–H and O–H groups in total. The van der Waals surface area contributed by atoms with E-state index in [1.807, 2.05) is 49.4 Å². The van der Waals surface area contributed by atoms with Crippen molar-refractivity contribution in [3.8, 4) is 0 Å². The third-order valence-electron chi connectivity index (χ3n) is 3.09. The molecule has 5 heteroatoms. The topological polar surface area (TPSA) is 64.3 Å². The summed E-state index contributed by atoms with van der Waals surface area (Å²) < 4.78 is 6.05. The summed E-state index contributed by atoms with van der Waals surface area (Å²) in [5, 5.41) is 2.82. The van der Waals surface area contributed by atoms with Crippen molar-refractivity contribution in [1.29, 1.82) is 0 Å². The highest BCUT2D eigenvalue weighted by atomic mass is 79.9. The van der Waals surface area contributed by atoms with Crippen molar-refractivity contribution in [3.05, 3.63) is 58.1 Å². The minimum atomic E-state index is -0.682. The average Bonchev–Trinajstić information content (AvgIpc) is 2.45. The first-order chi connectivity index (χ1) is 10.0. The molecular formula is C16H17BrN2O2. The van der Waals surface area contributed by atoms with E-state index in [-0.39, 0.29) is 5.91 Å². The van der Waals surface area contributed by atoms with Crippen LogP contribution in [0, 0.1) is 6.92 Å². The number of methoxy groups -OCH3 is 1. The smallest absolute Gasteiger partial charge is 0.258 e. The first-order valence-electron chi connectivity index (χ1n) is 6.47. The molecule has 0 aliphatic heterocycles. The number of nitrogen functional groups attached to an aromatic ring is 1. The molecule has 2 rings (SSSR count). The lowest BCUT2D eigenvalue weighted by Gasteiger charge is -2.17. The maximum Gasteiger partial charge on any atom is 0.258 e. The SMILES string of the molecule is COC(C(=O)Nc1c(N)cc(C)cc1Br)c1ccccc1. The van der Waals surface area contributed by atoms with Gasteiger partial charge in [0.25, 0.3) is 5.91 Å². The minimum Gasteiger partial charge on any atom is -0.397 e. The van der Waals surface area contributed by atoms with Crippen molar-refractivity contribution in [2.24, 2.45) is 0 Å². The highest BCUT2D eigenvalue weighted by Crippen LogP contribution is 2.31. The van der Waals surface area contributed by atoms with Crippen LogP contribution in [0.4, 0.5) is 11.4 Å². The Bertz CT molecular complexity index is 621. The number of nitrogens with one attached hydrogen (secondary N) is 1. The number of amides is 1. The number of aryl methyl sites for hydroxylation is 1. The Kier molecular flexibility index (Phi) is 4.98. The fraction of sp³-hybridized carbons (Fsp3) is 0.188. The number of carbonyl (C=O) groups excluding carboxylic acids is 1. The van der Waals surface area contributed by atoms with E-state index in [0.717, 1.165) is 15.6 Å². The van der Waals surface area contributed by atoms with Crippen molar-refractivity contribution >= 4 is 33.2 Å². The molecule has 0 aromatic heterocycles. The zero-order valence-electron chi connectivity index (χ0n) is 11.9. The Labute approximate surface area is 132 Å². The molecule has 0 saturated heterocycles. The summed E-state index contributed by atoms with van der Waals surface area (Å²) in [6.07, 6.45) is -0.682. The Morgan fingerprint density at radius 2 is 1.95 bits per heavy atom. The predicted octanol–water partition coefficient (Wildman–Crippen LogP) is 3.67. The highest BCUT2D eigenvalue weighted by Gasteiger charge is 2.21. The Hall–Kier alpha value is -1.85. The molecule has 4 nitrogen and oxygen atoms in total. The number of benzene rings is 2. The van der Waals surface area contributed by atoms with Gasteiger partial charge in [-0.05, 0) is 46.1 Å². The summed E-state index contributed by atoms with van der Waals surface area (Å²) in [4.78, 5) is 12.4. The largest absolute Gasteiger partial charge is 0.397 e. The first kappa shape index (κ1) is 15.5. The molecule has 0 bridgehead atoms. The van der Waals surface area contributed by atoms with Gasteiger partial charge in [0.2, 0.25) is 0 Å². The van der Waals surface area contributed by atoms with Gasteiger partial charge in [-0.2, -0.15) is 0 Å². The highest BCUT2D eigenvalue weighted by molar-refractivity contribution is 9.10. The zero-order valence-corrected chi connectivity index (χ0v) is 13.5. The third-order valence-corrected chi connectivity index (χ3v) is 3.71. The van der Waals surface area contributed by atoms with E-state index in [2.05, 4.69) is 21.2 Å². The van der Waals surface area contributed by atoms with Crippen LogP contribution in [0.2, 0.25) is 0 Å². The minimum absolute atomic E-state index is 0.264. The molecule has 0 aliphatic rings. The van der Waals surface area contributed by atoms with Gasteiger partial charge < -0.3 is 15.8 Å². The molecule has 0 radical (unpaired) electrons. The number of carbonyl (C=O) groups is 1. The summed E-state index contributed by atoms with van der Waals surface area (Å²) in [7, 11) is 1.50. The van der Waals surface area contributed by atoms with Gasteiger partial charge in [-0.1, -0.05) is 30.3 Å². The van der Waals surface area contributed by atoms with Crippen molar-refractivity contribution in [1.82, 2.24) is 0 Å². The van der Waals surface area contributed by atoms with Crippen LogP contribution in [0.25, 0.3) is 0 Å². The van der Waals surface area contributed by atoms with E-state index in [9.17, 15) is 4.79 Å². The third kappa shape index (κ3) is 3.62. The second kappa shape index (κ2) is 6.74. The van der Waals surface area contributed by atoms with Crippen LogP contribution in [0.15, 0.2) is 46.9 Å². The maximum absolute atomic E-state index is 12.4. The molecule has 0 fully saturated rings. The van der Waals surface area contributed by atoms with Crippen LogP contribution < -0.4 is 11.1 Å². The molecule has 1 unspecified atom stereocenters. The van der Waals surface area contributed by atoms with Crippen LogP contribution in [-0.2, 0) is 9.53 Å². The zero-order chi connectivity index (χ0) is 15.4. The Morgan fingerprint density at radius 1 is 1.29 bits per heavy atom. The quantitative estimate of drug-likeness (QED) is 0.828. The Balaban J connectivity index is 2.25. The second-order valence-corrected chi connectivity index (χ2v) is 5.58. The lowest BCUT2D eigenvalue weighted by atomic mass is 10.1. The maximum atomic E-state index is 12.4. The molecule has 2 aromatic carbocycles. The molecule has 2 aromatic rings. The summed E-state index contributed by atoms with van der Waals surface area (Å²) in [5.74, 6) is -0.264. The van der Waals surface area contributed by atoms with Gasteiger partial charge in [-0.3, -0.25) is 4.79 Å². The standard InChI is InChI=1S/C16H17BrN2O2/c1-10-8-12(17)14(13(18)9-10)19-16(20)15(21-2)11-6-4-3-5-7-11/h3-9,15H,18H2,1-2H3,(H,19,20). The van der Waals surface area contributed by atoms with Gasteiger partial charge in [0, 0.05) is 11.6 Å². The molecule has 0 spiro atoms. The van der Waals surface area contributed by atoms with Crippen molar-refractivity contribution < 1.29 is 9.53 Å². The van der Waals surface area contributed by atoms with Crippen molar-refractivity contribution in [3.63, 3.8) is 0 Å². The molecule has 0 heterocycles. The number of hydrogen-bond acceptors (Lipinski definition) is 3. The fourth-order valence-electron chi connectivity index (χ4n) is 2.11. The summed E-state index contributed by atoms with van der Waals surface area (Å²) in [6.45, 7) is 1.94. The molecule has 1 amide bonds. The number of ether oxygens (including phenoxy) is 1. The molecular weight excluding hydrogens is 332 g/mol. The molecule has 21 heavy (non-hydrogen) atoms. The average molecular weight is 349 g/mol. The lowest BCUT2D eigenvalue weighted by Crippen LogP contribution is -2.23. The van der Waals surface area contributed by atoms with Gasteiger partial charge in [0.15, 0.2) is 6.10 Å². The van der Waals surface area contributed by atoms with Gasteiger partial charge >= 0.3 is 0 Å². The summed E-state index contributed by atoms with van der Waals surface area (Å²) in [5.41, 5.74) is 8.84. The normalized spacial score (nSPS) is 12.0. The first-order valence-corrected chi connectivity index (χ1v) is 7.26. The number of hydrogen-bond donors (Lipinski definition) is 2. The van der Waals surface area contributed by atoms with E-state index in [1.54, 1.807) is 0 Å². The van der Waals surface area contributed by atoms with Crippen LogP contribution in [0.3, 0.4) is 0 Å². The molecule has 0 aliphatic carbocycles. The van der Waals surface area contributed by atoms with Gasteiger partial charge in [-0.15, -0.1) is 0 Å². The number of anilines is 2. The van der Waals surface area contributed by atoms with Crippen LogP contribution in [-0.4, -0.2) is 13.0 Å². The second-order valence-electron chi connectivity index (χ2n) is 4.73. The number of halogens is 1. The van der Waals surface area contributed by atoms with E-state index >= 15 is 0 Å². The van der Waals surface area contributed by atoms with Crippen LogP contribution >= 0.6 is 15.9 Å². The van der Waals surface area contributed by atoms with Gasteiger partial charge in [0.1, 0.15) is 0 Å². The summed E-state index contributed by atoms with van der Waals surface area (Å²) in [6, 6.07) is 13.0. The van der Waals surface area contributed by atoms with Crippen molar-refractivity contribution in [2.45, 2.75) is 13.0 Å². The molecule has 110 valence electrons. The fourth-order valence-corrected chi connectivity index (χ4v) is 2.80. The van der Waals surface area contributed by atoms with Gasteiger partial charge in [-0.25, -0.2) is 0 Å². The van der Waals surface area contributed by atoms with Crippen LogP contribution in [0.1, 0.15) is 17.2 Å². The lowest BCUT2D eigenvalue weighted by molar-refractivity contribution is -0.126. The monoisotopic (exact) mass is 348 g/mol. The number of rotatable bonds is 4. The van der Waals surface area contributed by atoms with Crippen LogP contribution in [0.5, 0.6) is 0 Å². The van der Waals surface area contributed by atoms with Crippen molar-refractivity contribution in [2.75, 3.05) is 18.2 Å².